The first kappa shape index (κ1) is 15.0. The predicted octanol–water partition coefficient (Wildman–Crippen LogP) is 3.10. The van der Waals surface area contributed by atoms with Gasteiger partial charge in [0.25, 0.3) is 0 Å². The molecule has 5 heteroatoms. The molecule has 20 heavy (non-hydrogen) atoms. The lowest BCUT2D eigenvalue weighted by Gasteiger charge is -2.07. The van der Waals surface area contributed by atoms with E-state index in [0.717, 1.165) is 29.9 Å². The summed E-state index contributed by atoms with van der Waals surface area (Å²) in [6.45, 7) is 5.62. The van der Waals surface area contributed by atoms with Crippen molar-refractivity contribution in [1.82, 2.24) is 15.1 Å². The Kier molecular flexibility index (Phi) is 4.78. The van der Waals surface area contributed by atoms with Crippen molar-refractivity contribution in [2.24, 2.45) is 0 Å². The Hall–Kier alpha value is -1.39. The van der Waals surface area contributed by atoms with E-state index in [1.54, 1.807) is 12.1 Å². The van der Waals surface area contributed by atoms with Gasteiger partial charge < -0.3 is 5.32 Å². The van der Waals surface area contributed by atoms with E-state index in [1.807, 2.05) is 18.7 Å². The van der Waals surface area contributed by atoms with E-state index in [0.29, 0.717) is 6.54 Å². The van der Waals surface area contributed by atoms with Crippen LogP contribution in [0.15, 0.2) is 18.2 Å². The zero-order chi connectivity index (χ0) is 14.7. The van der Waals surface area contributed by atoms with Gasteiger partial charge in [-0.3, -0.25) is 4.68 Å². The molecule has 0 aliphatic heterocycles. The van der Waals surface area contributed by atoms with Gasteiger partial charge in [0.1, 0.15) is 5.82 Å². The summed E-state index contributed by atoms with van der Waals surface area (Å²) in [4.78, 5) is 0. The number of rotatable bonds is 5. The second kappa shape index (κ2) is 6.37. The summed E-state index contributed by atoms with van der Waals surface area (Å²) in [5, 5.41) is 7.86. The van der Waals surface area contributed by atoms with Crippen molar-refractivity contribution in [3.63, 3.8) is 0 Å². The number of nitrogens with one attached hydrogen (secondary N) is 1. The van der Waals surface area contributed by atoms with Crippen LogP contribution in [0.5, 0.6) is 0 Å². The Bertz CT molecular complexity index is 607. The second-order valence-electron chi connectivity index (χ2n) is 4.91. The largest absolute Gasteiger partial charge is 0.319 e. The molecule has 2 aromatic rings. The Balaban J connectivity index is 2.23. The number of aromatic nitrogens is 2. The molecule has 1 aromatic heterocycles. The molecular weight excluding hydrogens is 277 g/mol. The third-order valence-corrected chi connectivity index (χ3v) is 3.76. The first-order valence-corrected chi connectivity index (χ1v) is 7.02. The maximum atomic E-state index is 13.2. The van der Waals surface area contributed by atoms with E-state index >= 15 is 0 Å². The fourth-order valence-corrected chi connectivity index (χ4v) is 2.51. The molecule has 0 radical (unpaired) electrons. The van der Waals surface area contributed by atoms with Crippen LogP contribution in [0.3, 0.4) is 0 Å². The van der Waals surface area contributed by atoms with Crippen molar-refractivity contribution in [3.8, 4) is 0 Å². The SMILES string of the molecule is CNCCc1c(C)nn(Cc2ccc(F)c(Cl)c2)c1C. The Morgan fingerprint density at radius 1 is 1.35 bits per heavy atom. The normalized spacial score (nSPS) is 11.1. The lowest BCUT2D eigenvalue weighted by atomic mass is 10.1. The molecular formula is C15H19ClFN3. The van der Waals surface area contributed by atoms with Crippen LogP contribution in [0.4, 0.5) is 4.39 Å². The van der Waals surface area contributed by atoms with Gasteiger partial charge in [-0.2, -0.15) is 5.10 Å². The highest BCUT2D eigenvalue weighted by Gasteiger charge is 2.11. The van der Waals surface area contributed by atoms with Gasteiger partial charge in [0, 0.05) is 5.69 Å². The third kappa shape index (κ3) is 3.19. The number of aryl methyl sites for hydroxylation is 1. The smallest absolute Gasteiger partial charge is 0.141 e. The summed E-state index contributed by atoms with van der Waals surface area (Å²) in [6, 6.07) is 4.79. The van der Waals surface area contributed by atoms with Crippen LogP contribution < -0.4 is 5.32 Å². The highest BCUT2D eigenvalue weighted by Crippen LogP contribution is 2.19. The number of nitrogens with zero attached hydrogens (tertiary/aromatic N) is 2. The summed E-state index contributed by atoms with van der Waals surface area (Å²) in [7, 11) is 1.94. The summed E-state index contributed by atoms with van der Waals surface area (Å²) < 4.78 is 15.1. The van der Waals surface area contributed by atoms with Gasteiger partial charge in [-0.15, -0.1) is 0 Å². The molecule has 0 saturated carbocycles. The standard InChI is InChI=1S/C15H19ClFN3/c1-10-13(6-7-18-3)11(2)20(19-10)9-12-4-5-15(17)14(16)8-12/h4-5,8,18H,6-7,9H2,1-3H3. The van der Waals surface area contributed by atoms with Crippen molar-refractivity contribution in [2.75, 3.05) is 13.6 Å². The van der Waals surface area contributed by atoms with Crippen molar-refractivity contribution in [2.45, 2.75) is 26.8 Å². The topological polar surface area (TPSA) is 29.9 Å². The zero-order valence-corrected chi connectivity index (χ0v) is 12.8. The molecule has 2 rings (SSSR count). The van der Waals surface area contributed by atoms with E-state index < -0.39 is 5.82 Å². The molecule has 0 atom stereocenters. The Morgan fingerprint density at radius 2 is 2.10 bits per heavy atom. The highest BCUT2D eigenvalue weighted by molar-refractivity contribution is 6.30. The molecule has 3 nitrogen and oxygen atoms in total. The summed E-state index contributed by atoms with van der Waals surface area (Å²) in [6.07, 6.45) is 0.957. The van der Waals surface area contributed by atoms with E-state index in [4.69, 9.17) is 11.6 Å². The van der Waals surface area contributed by atoms with Gasteiger partial charge in [-0.25, -0.2) is 4.39 Å². The summed E-state index contributed by atoms with van der Waals surface area (Å²) in [5.74, 6) is -0.390. The van der Waals surface area contributed by atoms with Crippen LogP contribution in [0.25, 0.3) is 0 Å². The molecule has 1 aromatic carbocycles. The van der Waals surface area contributed by atoms with E-state index in [1.165, 1.54) is 11.6 Å². The lowest BCUT2D eigenvalue weighted by molar-refractivity contribution is 0.623. The van der Waals surface area contributed by atoms with Gasteiger partial charge in [-0.1, -0.05) is 17.7 Å². The first-order valence-electron chi connectivity index (χ1n) is 6.64. The number of halogens is 2. The molecule has 0 fully saturated rings. The first-order chi connectivity index (χ1) is 9.52. The maximum Gasteiger partial charge on any atom is 0.141 e. The predicted molar refractivity (Wildman–Crippen MR) is 79.8 cm³/mol. The molecule has 0 unspecified atom stereocenters. The number of likely N-dealkylation sites (N-methyl/N-ethyl adjacent to an activating group) is 1. The molecule has 0 saturated heterocycles. The fraction of sp³-hybridized carbons (Fsp3) is 0.400. The molecule has 0 bridgehead atoms. The molecule has 1 N–H and O–H groups in total. The number of hydrogen-bond acceptors (Lipinski definition) is 2. The molecule has 1 heterocycles. The van der Waals surface area contributed by atoms with E-state index in [-0.39, 0.29) is 5.02 Å². The van der Waals surface area contributed by atoms with Crippen molar-refractivity contribution >= 4 is 11.6 Å². The van der Waals surface area contributed by atoms with Gasteiger partial charge in [0.05, 0.1) is 17.3 Å². The minimum atomic E-state index is -0.390. The minimum absolute atomic E-state index is 0.152. The average molecular weight is 296 g/mol. The zero-order valence-electron chi connectivity index (χ0n) is 12.0. The van der Waals surface area contributed by atoms with Crippen molar-refractivity contribution in [1.29, 1.82) is 0 Å². The number of benzene rings is 1. The van der Waals surface area contributed by atoms with Crippen molar-refractivity contribution < 1.29 is 4.39 Å². The fourth-order valence-electron chi connectivity index (χ4n) is 2.31. The van der Waals surface area contributed by atoms with Gasteiger partial charge in [0.15, 0.2) is 0 Å². The van der Waals surface area contributed by atoms with Gasteiger partial charge >= 0.3 is 0 Å². The van der Waals surface area contributed by atoms with Crippen LogP contribution in [0.1, 0.15) is 22.5 Å². The third-order valence-electron chi connectivity index (χ3n) is 3.47. The highest BCUT2D eigenvalue weighted by atomic mass is 35.5. The summed E-state index contributed by atoms with van der Waals surface area (Å²) in [5.41, 5.74) is 4.42. The number of hydrogen-bond donors (Lipinski definition) is 1. The molecule has 0 aliphatic rings. The van der Waals surface area contributed by atoms with Gasteiger partial charge in [-0.05, 0) is 57.1 Å². The molecule has 0 spiro atoms. The van der Waals surface area contributed by atoms with Crippen LogP contribution in [-0.2, 0) is 13.0 Å². The quantitative estimate of drug-likeness (QED) is 0.918. The lowest BCUT2D eigenvalue weighted by Crippen LogP contribution is -2.11. The Labute approximate surface area is 123 Å². The van der Waals surface area contributed by atoms with Crippen LogP contribution >= 0.6 is 11.6 Å². The minimum Gasteiger partial charge on any atom is -0.319 e. The summed E-state index contributed by atoms with van der Waals surface area (Å²) >= 11 is 5.81. The van der Waals surface area contributed by atoms with Crippen molar-refractivity contribution in [3.05, 3.63) is 51.6 Å². The molecule has 108 valence electrons. The van der Waals surface area contributed by atoms with Crippen LogP contribution in [-0.4, -0.2) is 23.4 Å². The van der Waals surface area contributed by atoms with Crippen LogP contribution in [0, 0.1) is 19.7 Å². The second-order valence-corrected chi connectivity index (χ2v) is 5.32. The van der Waals surface area contributed by atoms with Crippen LogP contribution in [0.2, 0.25) is 5.02 Å². The maximum absolute atomic E-state index is 13.2. The molecule has 0 aliphatic carbocycles. The monoisotopic (exact) mass is 295 g/mol. The van der Waals surface area contributed by atoms with E-state index in [2.05, 4.69) is 17.3 Å². The Morgan fingerprint density at radius 3 is 2.75 bits per heavy atom. The average Bonchev–Trinajstić information content (AvgIpc) is 2.67. The molecule has 0 amide bonds. The van der Waals surface area contributed by atoms with Gasteiger partial charge in [0.2, 0.25) is 0 Å². The van der Waals surface area contributed by atoms with E-state index in [9.17, 15) is 4.39 Å².